The van der Waals surface area contributed by atoms with Crippen molar-refractivity contribution in [2.24, 2.45) is 0 Å². The number of carbonyl (C=O) groups excluding carboxylic acids is 1. The van der Waals surface area contributed by atoms with Crippen LogP contribution in [0.5, 0.6) is 0 Å². The van der Waals surface area contributed by atoms with E-state index in [4.69, 9.17) is 0 Å². The Morgan fingerprint density at radius 1 is 1.62 bits per heavy atom. The molecule has 1 fully saturated rings. The van der Waals surface area contributed by atoms with E-state index < -0.39 is 17.9 Å². The molecule has 0 bridgehead atoms. The fraction of sp³-hybridized carbons (Fsp3) is 0.857. The second kappa shape index (κ2) is 3.22. The maximum atomic E-state index is 11.3. The van der Waals surface area contributed by atoms with Gasteiger partial charge in [-0.15, -0.1) is 0 Å². The average molecular weight is 189 g/mol. The van der Waals surface area contributed by atoms with E-state index in [1.54, 1.807) is 21.0 Å². The molecule has 13 heavy (non-hydrogen) atoms. The fourth-order valence-electron chi connectivity index (χ4n) is 1.32. The van der Waals surface area contributed by atoms with Crippen LogP contribution in [0.4, 0.5) is 0 Å². The van der Waals surface area contributed by atoms with Crippen molar-refractivity contribution >= 4 is 5.91 Å². The molecular weight excluding hydrogens is 174 g/mol. The zero-order chi connectivity index (χ0) is 10.2. The van der Waals surface area contributed by atoms with E-state index in [2.05, 4.69) is 5.43 Å². The van der Waals surface area contributed by atoms with Crippen LogP contribution < -0.4 is 5.43 Å². The van der Waals surface area contributed by atoms with Crippen molar-refractivity contribution in [1.82, 2.24) is 15.3 Å². The zero-order valence-corrected chi connectivity index (χ0v) is 7.98. The molecule has 0 spiro atoms. The number of likely N-dealkylation sites (N-methyl/N-ethyl adjacent to an activating group) is 2. The minimum atomic E-state index is -2.33. The minimum Gasteiger partial charge on any atom is -0.356 e. The Morgan fingerprint density at radius 2 is 2.15 bits per heavy atom. The number of aliphatic hydroxyl groups is 2. The fourth-order valence-corrected chi connectivity index (χ4v) is 1.32. The summed E-state index contributed by atoms with van der Waals surface area (Å²) in [6, 6.07) is 0. The van der Waals surface area contributed by atoms with E-state index >= 15 is 0 Å². The molecular formula is C7H15N3O3. The first-order valence-corrected chi connectivity index (χ1v) is 4.10. The highest BCUT2D eigenvalue weighted by molar-refractivity contribution is 5.85. The molecule has 1 aliphatic rings. The summed E-state index contributed by atoms with van der Waals surface area (Å²) >= 11 is 0. The summed E-state index contributed by atoms with van der Waals surface area (Å²) in [4.78, 5) is 12.8. The van der Waals surface area contributed by atoms with Crippen LogP contribution in [0.3, 0.4) is 0 Å². The van der Waals surface area contributed by atoms with Crippen LogP contribution in [0.2, 0.25) is 0 Å². The number of amides is 1. The van der Waals surface area contributed by atoms with Crippen molar-refractivity contribution in [2.75, 3.05) is 20.6 Å². The van der Waals surface area contributed by atoms with E-state index in [0.29, 0.717) is 6.54 Å². The number of hydrogen-bond acceptors (Lipinski definition) is 5. The lowest BCUT2D eigenvalue weighted by Crippen LogP contribution is -2.54. The van der Waals surface area contributed by atoms with Crippen LogP contribution in [0.15, 0.2) is 0 Å². The van der Waals surface area contributed by atoms with Gasteiger partial charge >= 0.3 is 0 Å². The van der Waals surface area contributed by atoms with Gasteiger partial charge in [0, 0.05) is 6.54 Å². The van der Waals surface area contributed by atoms with Crippen LogP contribution in [-0.2, 0) is 4.79 Å². The third-order valence-corrected chi connectivity index (χ3v) is 2.05. The topological polar surface area (TPSA) is 76.0 Å². The van der Waals surface area contributed by atoms with Crippen molar-refractivity contribution in [3.8, 4) is 0 Å². The Balaban J connectivity index is 2.86. The molecule has 0 aliphatic carbocycles. The standard InChI is InChI=1S/C7H15N3O3/c1-4-10-6(11)7(12,13)5(8-10)9(2)3/h5,8,12-13H,4H2,1-3H3. The van der Waals surface area contributed by atoms with Gasteiger partial charge in [0.25, 0.3) is 11.7 Å². The lowest BCUT2D eigenvalue weighted by atomic mass is 10.2. The molecule has 1 aliphatic heterocycles. The lowest BCUT2D eigenvalue weighted by molar-refractivity contribution is -0.196. The second-order valence-electron chi connectivity index (χ2n) is 3.27. The van der Waals surface area contributed by atoms with Gasteiger partial charge < -0.3 is 10.2 Å². The van der Waals surface area contributed by atoms with Crippen molar-refractivity contribution in [2.45, 2.75) is 18.9 Å². The maximum absolute atomic E-state index is 11.3. The Morgan fingerprint density at radius 3 is 2.38 bits per heavy atom. The predicted octanol–water partition coefficient (Wildman–Crippen LogP) is -2.08. The summed E-state index contributed by atoms with van der Waals surface area (Å²) in [6.07, 6.45) is -0.792. The van der Waals surface area contributed by atoms with Gasteiger partial charge in [-0.2, -0.15) is 0 Å². The zero-order valence-electron chi connectivity index (χ0n) is 7.98. The molecule has 76 valence electrons. The highest BCUT2D eigenvalue weighted by Crippen LogP contribution is 2.19. The Kier molecular flexibility index (Phi) is 2.58. The van der Waals surface area contributed by atoms with Crippen LogP contribution in [-0.4, -0.2) is 58.6 Å². The van der Waals surface area contributed by atoms with Crippen LogP contribution in [0.1, 0.15) is 6.92 Å². The number of nitrogens with one attached hydrogen (secondary N) is 1. The van der Waals surface area contributed by atoms with E-state index in [1.165, 1.54) is 9.91 Å². The molecule has 1 amide bonds. The molecule has 3 N–H and O–H groups in total. The van der Waals surface area contributed by atoms with Crippen molar-refractivity contribution in [3.63, 3.8) is 0 Å². The first kappa shape index (κ1) is 10.4. The molecule has 1 unspecified atom stereocenters. The third kappa shape index (κ3) is 1.53. The monoisotopic (exact) mass is 189 g/mol. The summed E-state index contributed by atoms with van der Waals surface area (Å²) < 4.78 is 0. The van der Waals surface area contributed by atoms with Crippen molar-refractivity contribution < 1.29 is 15.0 Å². The van der Waals surface area contributed by atoms with Gasteiger partial charge in [-0.25, -0.2) is 5.43 Å². The molecule has 0 radical (unpaired) electrons. The largest absolute Gasteiger partial charge is 0.356 e. The molecule has 6 heteroatoms. The summed E-state index contributed by atoms with van der Waals surface area (Å²) in [5.74, 6) is -3.05. The summed E-state index contributed by atoms with van der Waals surface area (Å²) in [5, 5.41) is 20.1. The molecule has 1 rings (SSSR count). The van der Waals surface area contributed by atoms with Gasteiger partial charge in [-0.3, -0.25) is 14.7 Å². The van der Waals surface area contributed by atoms with Gasteiger partial charge in [0.1, 0.15) is 6.17 Å². The molecule has 0 aromatic rings. The summed E-state index contributed by atoms with van der Waals surface area (Å²) in [7, 11) is 3.32. The number of carbonyl (C=O) groups is 1. The third-order valence-electron chi connectivity index (χ3n) is 2.05. The summed E-state index contributed by atoms with van der Waals surface area (Å²) in [6.45, 7) is 2.14. The second-order valence-corrected chi connectivity index (χ2v) is 3.27. The van der Waals surface area contributed by atoms with Crippen molar-refractivity contribution in [1.29, 1.82) is 0 Å². The molecule has 0 saturated carbocycles. The minimum absolute atomic E-state index is 0.395. The van der Waals surface area contributed by atoms with Gasteiger partial charge in [-0.1, -0.05) is 0 Å². The SMILES string of the molecule is CCN1NC(N(C)C)C(O)(O)C1=O. The molecule has 1 saturated heterocycles. The summed E-state index contributed by atoms with van der Waals surface area (Å²) in [5.41, 5.74) is 2.69. The number of hydrogen-bond donors (Lipinski definition) is 3. The predicted molar refractivity (Wildman–Crippen MR) is 45.2 cm³/mol. The quantitative estimate of drug-likeness (QED) is 0.435. The van der Waals surface area contributed by atoms with E-state index in [0.717, 1.165) is 0 Å². The molecule has 1 atom stereocenters. The van der Waals surface area contributed by atoms with E-state index in [1.807, 2.05) is 0 Å². The maximum Gasteiger partial charge on any atom is 0.299 e. The highest BCUT2D eigenvalue weighted by atomic mass is 16.5. The molecule has 6 nitrogen and oxygen atoms in total. The van der Waals surface area contributed by atoms with Gasteiger partial charge in [0.2, 0.25) is 0 Å². The molecule has 0 aromatic heterocycles. The van der Waals surface area contributed by atoms with Crippen LogP contribution in [0.25, 0.3) is 0 Å². The van der Waals surface area contributed by atoms with E-state index in [-0.39, 0.29) is 0 Å². The number of nitrogens with zero attached hydrogens (tertiary/aromatic N) is 2. The van der Waals surface area contributed by atoms with E-state index in [9.17, 15) is 15.0 Å². The number of rotatable bonds is 2. The van der Waals surface area contributed by atoms with Gasteiger partial charge in [-0.05, 0) is 21.0 Å². The Bertz CT molecular complexity index is 217. The highest BCUT2D eigenvalue weighted by Gasteiger charge is 2.52. The Hall–Kier alpha value is -0.690. The van der Waals surface area contributed by atoms with Crippen molar-refractivity contribution in [3.05, 3.63) is 0 Å². The Labute approximate surface area is 76.7 Å². The van der Waals surface area contributed by atoms with Gasteiger partial charge in [0.05, 0.1) is 0 Å². The normalized spacial score (nSPS) is 27.4. The number of hydrazine groups is 1. The lowest BCUT2D eigenvalue weighted by Gasteiger charge is -2.25. The first-order valence-electron chi connectivity index (χ1n) is 4.10. The van der Waals surface area contributed by atoms with Crippen LogP contribution >= 0.6 is 0 Å². The van der Waals surface area contributed by atoms with Gasteiger partial charge in [0.15, 0.2) is 0 Å². The van der Waals surface area contributed by atoms with Crippen LogP contribution in [0, 0.1) is 0 Å². The molecule has 1 heterocycles. The molecule has 0 aromatic carbocycles. The first-order chi connectivity index (χ1) is 5.91. The smallest absolute Gasteiger partial charge is 0.299 e. The average Bonchev–Trinajstić information content (AvgIpc) is 2.25.